The van der Waals surface area contributed by atoms with Crippen LogP contribution in [0.1, 0.15) is 156 Å². The number of benzene rings is 1. The number of aromatic nitrogens is 2. The molecular weight excluding hydrogens is 558 g/mol. The van der Waals surface area contributed by atoms with Crippen molar-refractivity contribution in [3.8, 4) is 0 Å². The molecule has 2 saturated heterocycles. The lowest BCUT2D eigenvalue weighted by Gasteiger charge is -2.44. The van der Waals surface area contributed by atoms with Gasteiger partial charge in [-0.1, -0.05) is 18.9 Å². The number of nitrogens with one attached hydrogen (secondary N) is 1. The topological polar surface area (TPSA) is 73.8 Å². The van der Waals surface area contributed by atoms with E-state index in [2.05, 4.69) is 34.4 Å². The Bertz CT molecular complexity index is 1490. The van der Waals surface area contributed by atoms with Gasteiger partial charge in [0.25, 0.3) is 0 Å². The number of ether oxygens (including phenoxy) is 1. The highest BCUT2D eigenvalue weighted by molar-refractivity contribution is 6.03. The first kappa shape index (κ1) is 29.3. The van der Waals surface area contributed by atoms with Crippen LogP contribution in [0.3, 0.4) is 0 Å². The minimum atomic E-state index is -0.488. The van der Waals surface area contributed by atoms with Gasteiger partial charge in [-0.2, -0.15) is 0 Å². The number of allylic oxidation sites excluding steroid dienone is 1. The fourth-order valence-electron chi connectivity index (χ4n) is 9.59. The molecular formula is C38H51N5O2. The zero-order valence-corrected chi connectivity index (χ0v) is 27.6. The third-order valence-electron chi connectivity index (χ3n) is 11.8. The van der Waals surface area contributed by atoms with Crippen LogP contribution >= 0.6 is 0 Å². The number of piperidine rings is 1. The van der Waals surface area contributed by atoms with Gasteiger partial charge in [-0.25, -0.2) is 9.78 Å². The maximum absolute atomic E-state index is 13.0. The maximum atomic E-state index is 13.0. The number of H-pyrrole nitrogens is 1. The van der Waals surface area contributed by atoms with E-state index in [1.54, 1.807) is 11.1 Å². The van der Waals surface area contributed by atoms with E-state index in [0.717, 1.165) is 44.6 Å². The van der Waals surface area contributed by atoms with E-state index in [9.17, 15) is 4.79 Å². The average molecular weight is 610 g/mol. The Morgan fingerprint density at radius 2 is 1.58 bits per heavy atom. The van der Waals surface area contributed by atoms with Crippen molar-refractivity contribution in [2.45, 2.75) is 140 Å². The number of hydrogen-bond donors (Lipinski definition) is 1. The number of hydrogen-bond acceptors (Lipinski definition) is 5. The van der Waals surface area contributed by atoms with Crippen LogP contribution in [0.25, 0.3) is 5.57 Å². The first-order chi connectivity index (χ1) is 21.8. The van der Waals surface area contributed by atoms with Gasteiger partial charge in [0.15, 0.2) is 0 Å². The lowest BCUT2D eigenvalue weighted by atomic mass is 9.64. The van der Waals surface area contributed by atoms with Crippen molar-refractivity contribution in [1.82, 2.24) is 14.9 Å². The summed E-state index contributed by atoms with van der Waals surface area (Å²) in [6.45, 7) is 8.81. The van der Waals surface area contributed by atoms with E-state index in [0.29, 0.717) is 23.7 Å². The van der Waals surface area contributed by atoms with Crippen LogP contribution < -0.4 is 4.90 Å². The maximum Gasteiger partial charge on any atom is 0.410 e. The van der Waals surface area contributed by atoms with Gasteiger partial charge in [-0.3, -0.25) is 9.89 Å². The summed E-state index contributed by atoms with van der Waals surface area (Å²) in [7, 11) is 0. The molecule has 4 fully saturated rings. The molecule has 9 rings (SSSR count). The van der Waals surface area contributed by atoms with Crippen LogP contribution in [0.4, 0.5) is 10.5 Å². The quantitative estimate of drug-likeness (QED) is 0.368. The Kier molecular flexibility index (Phi) is 7.57. The average Bonchev–Trinajstić information content (AvgIpc) is 3.87. The summed E-state index contributed by atoms with van der Waals surface area (Å²) < 4.78 is 5.76. The van der Waals surface area contributed by atoms with Crippen LogP contribution in [0.15, 0.2) is 29.5 Å². The summed E-state index contributed by atoms with van der Waals surface area (Å²) in [5, 5.41) is 0. The van der Waals surface area contributed by atoms with Gasteiger partial charge in [0.1, 0.15) is 11.4 Å². The molecule has 0 unspecified atom stereocenters. The molecule has 45 heavy (non-hydrogen) atoms. The van der Waals surface area contributed by atoms with Crippen LogP contribution in [0.2, 0.25) is 0 Å². The van der Waals surface area contributed by atoms with Gasteiger partial charge in [0.2, 0.25) is 0 Å². The molecule has 7 aliphatic rings. The SMILES string of the molecule is CC(C)(C)OC(=O)N1CCC[C@H]1C1=NC=C(c2ccc(N3CCC(c4cnc(C5CCCC5)[nH]4)CC3)c3c2C2CCC3CC2)C1. The zero-order valence-electron chi connectivity index (χ0n) is 27.6. The number of fused-ring (bicyclic) bond motifs is 2. The lowest BCUT2D eigenvalue weighted by Crippen LogP contribution is -2.43. The van der Waals surface area contributed by atoms with Gasteiger partial charge < -0.3 is 14.6 Å². The molecule has 1 N–H and O–H groups in total. The first-order valence-corrected chi connectivity index (χ1v) is 18.0. The van der Waals surface area contributed by atoms with Crippen molar-refractivity contribution in [2.24, 2.45) is 4.99 Å². The van der Waals surface area contributed by atoms with E-state index in [-0.39, 0.29) is 12.1 Å². The predicted molar refractivity (Wildman–Crippen MR) is 180 cm³/mol. The van der Waals surface area contributed by atoms with Crippen molar-refractivity contribution < 1.29 is 9.53 Å². The number of carbonyl (C=O) groups is 1. The Morgan fingerprint density at radius 3 is 2.31 bits per heavy atom. The summed E-state index contributed by atoms with van der Waals surface area (Å²) in [6.07, 6.45) is 19.8. The number of rotatable bonds is 5. The summed E-state index contributed by atoms with van der Waals surface area (Å²) >= 11 is 0. The van der Waals surface area contributed by atoms with Gasteiger partial charge >= 0.3 is 6.09 Å². The van der Waals surface area contributed by atoms with E-state index < -0.39 is 5.60 Å². The highest BCUT2D eigenvalue weighted by Gasteiger charge is 2.40. The van der Waals surface area contributed by atoms with Crippen LogP contribution in [0.5, 0.6) is 0 Å². The molecule has 1 aromatic carbocycles. The fourth-order valence-corrected chi connectivity index (χ4v) is 9.59. The first-order valence-electron chi connectivity index (χ1n) is 18.0. The van der Waals surface area contributed by atoms with Crippen molar-refractivity contribution >= 4 is 23.1 Å². The Hall–Kier alpha value is -3.09. The molecule has 2 aromatic rings. The largest absolute Gasteiger partial charge is 0.444 e. The van der Waals surface area contributed by atoms with Crippen molar-refractivity contribution in [2.75, 3.05) is 24.5 Å². The van der Waals surface area contributed by atoms with E-state index >= 15 is 0 Å². The number of likely N-dealkylation sites (tertiary alicyclic amines) is 1. The number of amides is 1. The van der Waals surface area contributed by atoms with Crippen molar-refractivity contribution in [3.63, 3.8) is 0 Å². The monoisotopic (exact) mass is 609 g/mol. The molecule has 1 atom stereocenters. The van der Waals surface area contributed by atoms with E-state index in [4.69, 9.17) is 14.7 Å². The minimum Gasteiger partial charge on any atom is -0.444 e. The zero-order chi connectivity index (χ0) is 30.7. The van der Waals surface area contributed by atoms with E-state index in [1.807, 2.05) is 25.7 Å². The highest BCUT2D eigenvalue weighted by atomic mass is 16.6. The summed E-state index contributed by atoms with van der Waals surface area (Å²) in [6, 6.07) is 4.92. The second-order valence-corrected chi connectivity index (χ2v) is 15.8. The van der Waals surface area contributed by atoms with E-state index in [1.165, 1.54) is 92.6 Å². The van der Waals surface area contributed by atoms with Crippen molar-refractivity contribution in [3.05, 3.63) is 52.7 Å². The summed E-state index contributed by atoms with van der Waals surface area (Å²) in [4.78, 5) is 31.2. The number of nitrogens with zero attached hydrogens (tertiary/aromatic N) is 4. The molecule has 0 spiro atoms. The summed E-state index contributed by atoms with van der Waals surface area (Å²) in [5.41, 5.74) is 9.56. The molecule has 240 valence electrons. The number of aliphatic imine (C=N–C) groups is 1. The van der Waals surface area contributed by atoms with Crippen LogP contribution in [0, 0.1) is 0 Å². The normalized spacial score (nSPS) is 27.2. The molecule has 0 radical (unpaired) electrons. The lowest BCUT2D eigenvalue weighted by molar-refractivity contribution is 0.0265. The predicted octanol–water partition coefficient (Wildman–Crippen LogP) is 8.79. The van der Waals surface area contributed by atoms with Gasteiger partial charge in [-0.15, -0.1) is 0 Å². The molecule has 1 amide bonds. The molecule has 4 heterocycles. The molecule has 7 heteroatoms. The van der Waals surface area contributed by atoms with Gasteiger partial charge in [-0.05, 0) is 125 Å². The third kappa shape index (κ3) is 5.52. The molecule has 4 aliphatic carbocycles. The van der Waals surface area contributed by atoms with Crippen LogP contribution in [-0.2, 0) is 4.74 Å². The third-order valence-corrected chi connectivity index (χ3v) is 11.8. The highest BCUT2D eigenvalue weighted by Crippen LogP contribution is 2.55. The van der Waals surface area contributed by atoms with Crippen LogP contribution in [-0.4, -0.2) is 57.9 Å². The number of aromatic amines is 1. The minimum absolute atomic E-state index is 0.0468. The molecule has 7 nitrogen and oxygen atoms in total. The molecule has 3 aliphatic heterocycles. The second kappa shape index (κ2) is 11.6. The number of anilines is 1. The van der Waals surface area contributed by atoms with Crippen molar-refractivity contribution in [1.29, 1.82) is 0 Å². The Labute approximate surface area is 268 Å². The molecule has 1 aromatic heterocycles. The number of carbonyl (C=O) groups excluding carboxylic acids is 1. The van der Waals surface area contributed by atoms with Gasteiger partial charge in [0, 0.05) is 67.4 Å². The molecule has 2 saturated carbocycles. The standard InChI is InChI=1S/C38H51N5O2/c1-38(2,3)45-37(44)43-18-6-9-32(43)30-21-28(22-39-30)29-14-15-33(35-26-12-10-25(11-13-26)34(29)35)42-19-16-24(17-20-42)31-23-40-36(41-31)27-7-4-5-8-27/h14-15,22-27,32H,4-13,16-21H2,1-3H3,(H,40,41)/t25?,26?,32-/m0/s1. The number of imidazole rings is 1. The smallest absolute Gasteiger partial charge is 0.410 e. The fraction of sp³-hybridized carbons (Fsp3) is 0.658. The van der Waals surface area contributed by atoms with Gasteiger partial charge in [0.05, 0.1) is 6.04 Å². The Balaban J connectivity index is 0.992. The summed E-state index contributed by atoms with van der Waals surface area (Å²) in [5.74, 6) is 3.82. The Morgan fingerprint density at radius 1 is 0.844 bits per heavy atom. The second-order valence-electron chi connectivity index (χ2n) is 15.8. The molecule has 2 bridgehead atoms.